The molecule has 25 heavy (non-hydrogen) atoms. The number of hydrogen-bond acceptors (Lipinski definition) is 5. The zero-order chi connectivity index (χ0) is 17.6. The van der Waals surface area contributed by atoms with Gasteiger partial charge in [-0.05, 0) is 18.6 Å². The van der Waals surface area contributed by atoms with Crippen molar-refractivity contribution in [3.63, 3.8) is 0 Å². The zero-order valence-corrected chi connectivity index (χ0v) is 15.2. The molecule has 2 aromatic rings. The van der Waals surface area contributed by atoms with Gasteiger partial charge in [0.2, 0.25) is 5.91 Å². The number of rotatable bonds is 6. The summed E-state index contributed by atoms with van der Waals surface area (Å²) in [5.74, 6) is 1.34. The van der Waals surface area contributed by atoms with Crippen molar-refractivity contribution in [1.29, 1.82) is 0 Å². The van der Waals surface area contributed by atoms with Crippen LogP contribution in [-0.4, -0.2) is 52.0 Å². The van der Waals surface area contributed by atoms with E-state index in [1.54, 1.807) is 6.07 Å². The third-order valence-electron chi connectivity index (χ3n) is 4.41. The Kier molecular flexibility index (Phi) is 6.04. The van der Waals surface area contributed by atoms with Crippen LogP contribution in [-0.2, 0) is 11.3 Å². The lowest BCUT2D eigenvalue weighted by Crippen LogP contribution is -2.48. The predicted octanol–water partition coefficient (Wildman–Crippen LogP) is 3.22. The number of halogens is 1. The lowest BCUT2D eigenvalue weighted by Gasteiger charge is -2.34. The molecule has 1 saturated heterocycles. The second-order valence-electron chi connectivity index (χ2n) is 6.26. The molecular weight excluding hydrogens is 340 g/mol. The van der Waals surface area contributed by atoms with Crippen LogP contribution in [0.15, 0.2) is 28.8 Å². The fourth-order valence-electron chi connectivity index (χ4n) is 2.90. The van der Waals surface area contributed by atoms with Crippen LogP contribution in [0.3, 0.4) is 0 Å². The lowest BCUT2D eigenvalue weighted by atomic mass is 10.2. The monoisotopic (exact) mass is 362 g/mol. The maximum Gasteiger partial charge on any atom is 0.259 e. The molecule has 0 spiro atoms. The molecule has 1 aliphatic rings. The van der Waals surface area contributed by atoms with Crippen LogP contribution in [0.25, 0.3) is 11.5 Å². The highest BCUT2D eigenvalue weighted by atomic mass is 35.5. The Morgan fingerprint density at radius 1 is 1.24 bits per heavy atom. The topological polar surface area (TPSA) is 62.5 Å². The largest absolute Gasteiger partial charge is 0.340 e. The molecule has 0 atom stereocenters. The van der Waals surface area contributed by atoms with E-state index in [1.807, 2.05) is 23.1 Å². The number of piperazine rings is 1. The van der Waals surface area contributed by atoms with Gasteiger partial charge in [0.1, 0.15) is 0 Å². The van der Waals surface area contributed by atoms with Crippen LogP contribution in [0, 0.1) is 0 Å². The standard InChI is InChI=1S/C18H23ClN4O2/c1-2-3-8-17(24)23-11-9-22(10-12-23)13-16-20-18(25-21-16)14-6-4-5-7-15(14)19/h4-7H,2-3,8-13H2,1H3. The summed E-state index contributed by atoms with van der Waals surface area (Å²) >= 11 is 6.17. The van der Waals surface area contributed by atoms with Crippen molar-refractivity contribution in [2.45, 2.75) is 32.7 Å². The van der Waals surface area contributed by atoms with Crippen molar-refractivity contribution in [2.24, 2.45) is 0 Å². The summed E-state index contributed by atoms with van der Waals surface area (Å²) in [6.45, 7) is 5.90. The first kappa shape index (κ1) is 17.9. The van der Waals surface area contributed by atoms with Gasteiger partial charge in [-0.25, -0.2) is 0 Å². The number of hydrogen-bond donors (Lipinski definition) is 0. The van der Waals surface area contributed by atoms with E-state index in [9.17, 15) is 4.79 Å². The Morgan fingerprint density at radius 2 is 2.00 bits per heavy atom. The fourth-order valence-corrected chi connectivity index (χ4v) is 3.12. The van der Waals surface area contributed by atoms with Gasteiger partial charge in [-0.3, -0.25) is 9.69 Å². The number of nitrogens with zero attached hydrogens (tertiary/aromatic N) is 4. The molecule has 134 valence electrons. The molecule has 1 fully saturated rings. The molecule has 2 heterocycles. The molecular formula is C18H23ClN4O2. The zero-order valence-electron chi connectivity index (χ0n) is 14.4. The van der Waals surface area contributed by atoms with Crippen molar-refractivity contribution in [2.75, 3.05) is 26.2 Å². The molecule has 1 aromatic carbocycles. The first-order valence-corrected chi connectivity index (χ1v) is 9.12. The van der Waals surface area contributed by atoms with Crippen LogP contribution in [0.4, 0.5) is 0 Å². The molecule has 0 radical (unpaired) electrons. The van der Waals surface area contributed by atoms with E-state index in [1.165, 1.54) is 0 Å². The molecule has 7 heteroatoms. The molecule has 6 nitrogen and oxygen atoms in total. The molecule has 0 N–H and O–H groups in total. The smallest absolute Gasteiger partial charge is 0.259 e. The van der Waals surface area contributed by atoms with Gasteiger partial charge in [0.05, 0.1) is 17.1 Å². The number of carbonyl (C=O) groups excluding carboxylic acids is 1. The number of unbranched alkanes of at least 4 members (excludes halogenated alkanes) is 1. The maximum atomic E-state index is 12.1. The third-order valence-corrected chi connectivity index (χ3v) is 4.74. The van der Waals surface area contributed by atoms with Crippen LogP contribution in [0.2, 0.25) is 5.02 Å². The van der Waals surface area contributed by atoms with Crippen molar-refractivity contribution >= 4 is 17.5 Å². The molecule has 3 rings (SSSR count). The van der Waals surface area contributed by atoms with Crippen LogP contribution >= 0.6 is 11.6 Å². The predicted molar refractivity (Wildman–Crippen MR) is 96.1 cm³/mol. The molecule has 0 aliphatic carbocycles. The Bertz CT molecular complexity index is 711. The summed E-state index contributed by atoms with van der Waals surface area (Å²) in [6, 6.07) is 7.42. The normalized spacial score (nSPS) is 15.5. The Balaban J connectivity index is 1.53. The van der Waals surface area contributed by atoms with Gasteiger partial charge in [0, 0.05) is 32.6 Å². The van der Waals surface area contributed by atoms with E-state index in [0.29, 0.717) is 29.7 Å². The van der Waals surface area contributed by atoms with Crippen molar-refractivity contribution in [1.82, 2.24) is 19.9 Å². The van der Waals surface area contributed by atoms with E-state index in [4.69, 9.17) is 16.1 Å². The minimum atomic E-state index is 0.266. The molecule has 1 aromatic heterocycles. The van der Waals surface area contributed by atoms with Gasteiger partial charge >= 0.3 is 0 Å². The summed E-state index contributed by atoms with van der Waals surface area (Å²) in [5, 5.41) is 4.65. The minimum absolute atomic E-state index is 0.266. The number of carbonyl (C=O) groups is 1. The quantitative estimate of drug-likeness (QED) is 0.789. The van der Waals surface area contributed by atoms with Gasteiger partial charge in [-0.1, -0.05) is 42.2 Å². The van der Waals surface area contributed by atoms with E-state index >= 15 is 0 Å². The van der Waals surface area contributed by atoms with E-state index in [-0.39, 0.29) is 5.91 Å². The molecule has 0 bridgehead atoms. The van der Waals surface area contributed by atoms with Gasteiger partial charge < -0.3 is 9.42 Å². The maximum absolute atomic E-state index is 12.1. The minimum Gasteiger partial charge on any atom is -0.340 e. The molecule has 1 amide bonds. The SMILES string of the molecule is CCCCC(=O)N1CCN(Cc2noc(-c3ccccc3Cl)n2)CC1. The van der Waals surface area contributed by atoms with Crippen molar-refractivity contribution in [3.05, 3.63) is 35.1 Å². The Labute approximate surface area is 152 Å². The van der Waals surface area contributed by atoms with Gasteiger partial charge in [-0.15, -0.1) is 0 Å². The second-order valence-corrected chi connectivity index (χ2v) is 6.66. The van der Waals surface area contributed by atoms with Crippen LogP contribution in [0.5, 0.6) is 0 Å². The molecule has 0 unspecified atom stereocenters. The van der Waals surface area contributed by atoms with E-state index < -0.39 is 0 Å². The summed E-state index contributed by atoms with van der Waals surface area (Å²) in [7, 11) is 0. The second kappa shape index (κ2) is 8.45. The lowest BCUT2D eigenvalue weighted by molar-refractivity contribution is -0.133. The average molecular weight is 363 g/mol. The van der Waals surface area contributed by atoms with Crippen LogP contribution < -0.4 is 0 Å². The first-order chi connectivity index (χ1) is 12.2. The fraction of sp³-hybridized carbons (Fsp3) is 0.500. The summed E-state index contributed by atoms with van der Waals surface area (Å²) in [5.41, 5.74) is 0.745. The van der Waals surface area contributed by atoms with E-state index in [2.05, 4.69) is 22.0 Å². The highest BCUT2D eigenvalue weighted by Crippen LogP contribution is 2.26. The van der Waals surface area contributed by atoms with Gasteiger partial charge in [0.25, 0.3) is 5.89 Å². The average Bonchev–Trinajstić information content (AvgIpc) is 3.09. The molecule has 1 aliphatic heterocycles. The van der Waals surface area contributed by atoms with Crippen molar-refractivity contribution in [3.8, 4) is 11.5 Å². The highest BCUT2D eigenvalue weighted by molar-refractivity contribution is 6.33. The number of amides is 1. The third kappa shape index (κ3) is 4.58. The number of aromatic nitrogens is 2. The van der Waals surface area contributed by atoms with Gasteiger partial charge in [-0.2, -0.15) is 4.98 Å². The van der Waals surface area contributed by atoms with E-state index in [0.717, 1.165) is 44.6 Å². The highest BCUT2D eigenvalue weighted by Gasteiger charge is 2.22. The first-order valence-electron chi connectivity index (χ1n) is 8.75. The summed E-state index contributed by atoms with van der Waals surface area (Å²) in [6.07, 6.45) is 2.67. The summed E-state index contributed by atoms with van der Waals surface area (Å²) in [4.78, 5) is 20.7. The Morgan fingerprint density at radius 3 is 2.72 bits per heavy atom. The number of benzene rings is 1. The van der Waals surface area contributed by atoms with Gasteiger partial charge in [0.15, 0.2) is 5.82 Å². The van der Waals surface area contributed by atoms with Crippen LogP contribution in [0.1, 0.15) is 32.0 Å². The van der Waals surface area contributed by atoms with Crippen molar-refractivity contribution < 1.29 is 9.32 Å². The Hall–Kier alpha value is -1.92. The molecule has 0 saturated carbocycles. The summed E-state index contributed by atoms with van der Waals surface area (Å²) < 4.78 is 5.34.